The Morgan fingerprint density at radius 3 is 2.05 bits per heavy atom. The van der Waals surface area contributed by atoms with Gasteiger partial charge in [0.1, 0.15) is 0 Å². The number of fused-ring (bicyclic) bond motifs is 3. The lowest BCUT2D eigenvalue weighted by atomic mass is 9.83. The molecule has 0 atom stereocenters. The minimum atomic E-state index is 0.464. The summed E-state index contributed by atoms with van der Waals surface area (Å²) in [6.45, 7) is 2.21. The minimum Gasteiger partial charge on any atom is -0.0813 e. The second kappa shape index (κ2) is 4.49. The molecular weight excluding hydrogens is 240 g/mol. The Labute approximate surface area is 120 Å². The van der Waals surface area contributed by atoms with E-state index < -0.39 is 0 Å². The zero-order valence-corrected chi connectivity index (χ0v) is 11.8. The van der Waals surface area contributed by atoms with Gasteiger partial charge in [-0.1, -0.05) is 71.8 Å². The van der Waals surface area contributed by atoms with Gasteiger partial charge in [-0.25, -0.2) is 0 Å². The topological polar surface area (TPSA) is 0 Å². The molecule has 0 radical (unpaired) electrons. The van der Waals surface area contributed by atoms with Crippen molar-refractivity contribution in [1.82, 2.24) is 0 Å². The number of rotatable bonds is 1. The van der Waals surface area contributed by atoms with Crippen molar-refractivity contribution in [2.24, 2.45) is 0 Å². The van der Waals surface area contributed by atoms with Crippen LogP contribution in [0.4, 0.5) is 0 Å². The van der Waals surface area contributed by atoms with Crippen LogP contribution in [0.3, 0.4) is 0 Å². The predicted octanol–water partition coefficient (Wildman–Crippen LogP) is 5.47. The fourth-order valence-corrected chi connectivity index (χ4v) is 3.67. The summed E-state index contributed by atoms with van der Waals surface area (Å²) in [7, 11) is 0. The molecule has 2 aromatic rings. The molecule has 0 aliphatic heterocycles. The van der Waals surface area contributed by atoms with Gasteiger partial charge in [-0.3, -0.25) is 0 Å². The molecule has 0 unspecified atom stereocenters. The maximum absolute atomic E-state index is 2.40. The van der Waals surface area contributed by atoms with Crippen molar-refractivity contribution >= 4 is 0 Å². The van der Waals surface area contributed by atoms with Crippen LogP contribution in [0.25, 0.3) is 11.1 Å². The molecule has 0 fully saturated rings. The fraction of sp³-hybridized carbons (Fsp3) is 0.200. The molecular formula is C20H18. The number of benzene rings is 2. The van der Waals surface area contributed by atoms with Crippen molar-refractivity contribution in [3.05, 3.63) is 83.0 Å². The van der Waals surface area contributed by atoms with Crippen molar-refractivity contribution in [2.45, 2.75) is 25.7 Å². The van der Waals surface area contributed by atoms with Crippen LogP contribution in [0.2, 0.25) is 0 Å². The second-order valence-corrected chi connectivity index (χ2v) is 5.81. The molecule has 0 saturated carbocycles. The van der Waals surface area contributed by atoms with Crippen LogP contribution in [-0.2, 0) is 0 Å². The van der Waals surface area contributed by atoms with Crippen molar-refractivity contribution in [3.8, 4) is 11.1 Å². The highest BCUT2D eigenvalue weighted by Gasteiger charge is 2.30. The van der Waals surface area contributed by atoms with Gasteiger partial charge in [0.25, 0.3) is 0 Å². The van der Waals surface area contributed by atoms with Crippen molar-refractivity contribution in [3.63, 3.8) is 0 Å². The predicted molar refractivity (Wildman–Crippen MR) is 84.8 cm³/mol. The third kappa shape index (κ3) is 1.68. The van der Waals surface area contributed by atoms with Gasteiger partial charge in [0.15, 0.2) is 0 Å². The summed E-state index contributed by atoms with van der Waals surface area (Å²) >= 11 is 0. The second-order valence-electron chi connectivity index (χ2n) is 5.81. The van der Waals surface area contributed by atoms with E-state index in [9.17, 15) is 0 Å². The Kier molecular flexibility index (Phi) is 2.63. The first kappa shape index (κ1) is 11.7. The SMILES string of the molecule is CC1=CCCC(C2c3ccccc3-c3ccccc32)=C1. The Balaban J connectivity index is 1.94. The van der Waals surface area contributed by atoms with Crippen LogP contribution < -0.4 is 0 Å². The standard InChI is InChI=1S/C20H18/c1-14-7-6-8-15(13-14)20-18-11-4-2-9-16(18)17-10-3-5-12-19(17)20/h2-5,7,9-13,20H,6,8H2,1H3. The highest BCUT2D eigenvalue weighted by atomic mass is 14.3. The molecule has 2 aliphatic rings. The molecule has 2 aliphatic carbocycles. The Morgan fingerprint density at radius 2 is 1.45 bits per heavy atom. The van der Waals surface area contributed by atoms with Gasteiger partial charge < -0.3 is 0 Å². The Bertz CT molecular complexity index is 686. The maximum atomic E-state index is 2.40. The Hall–Kier alpha value is -2.08. The Morgan fingerprint density at radius 1 is 0.850 bits per heavy atom. The molecule has 0 N–H and O–H groups in total. The van der Waals surface area contributed by atoms with Gasteiger partial charge in [0, 0.05) is 5.92 Å². The molecule has 0 saturated heterocycles. The molecule has 4 rings (SSSR count). The average Bonchev–Trinajstić information content (AvgIpc) is 2.82. The van der Waals surface area contributed by atoms with Crippen LogP contribution in [0.1, 0.15) is 36.8 Å². The van der Waals surface area contributed by atoms with Crippen LogP contribution >= 0.6 is 0 Å². The van der Waals surface area contributed by atoms with E-state index in [-0.39, 0.29) is 0 Å². The smallest absolute Gasteiger partial charge is 0.0314 e. The normalized spacial score (nSPS) is 17.2. The minimum absolute atomic E-state index is 0.464. The lowest BCUT2D eigenvalue weighted by molar-refractivity contribution is 0.837. The summed E-state index contributed by atoms with van der Waals surface area (Å²) in [5, 5.41) is 0. The molecule has 98 valence electrons. The van der Waals surface area contributed by atoms with Gasteiger partial charge >= 0.3 is 0 Å². The molecule has 0 nitrogen and oxygen atoms in total. The molecule has 0 bridgehead atoms. The first-order chi connectivity index (χ1) is 9.84. The summed E-state index contributed by atoms with van der Waals surface area (Å²) in [6.07, 6.45) is 7.10. The summed E-state index contributed by atoms with van der Waals surface area (Å²) in [5.74, 6) is 0.464. The number of hydrogen-bond acceptors (Lipinski definition) is 0. The fourth-order valence-electron chi connectivity index (χ4n) is 3.67. The van der Waals surface area contributed by atoms with Gasteiger partial charge in [0.05, 0.1) is 0 Å². The highest BCUT2D eigenvalue weighted by molar-refractivity contribution is 5.80. The van der Waals surface area contributed by atoms with E-state index in [0.717, 1.165) is 0 Å². The van der Waals surface area contributed by atoms with Gasteiger partial charge in [-0.15, -0.1) is 0 Å². The summed E-state index contributed by atoms with van der Waals surface area (Å²) in [6, 6.07) is 17.8. The van der Waals surface area contributed by atoms with Crippen LogP contribution in [0.5, 0.6) is 0 Å². The average molecular weight is 258 g/mol. The summed E-state index contributed by atoms with van der Waals surface area (Å²) in [4.78, 5) is 0. The lowest BCUT2D eigenvalue weighted by Gasteiger charge is -2.20. The zero-order chi connectivity index (χ0) is 13.5. The molecule has 0 heterocycles. The van der Waals surface area contributed by atoms with Gasteiger partial charge in [-0.05, 0) is 42.0 Å². The van der Waals surface area contributed by atoms with E-state index in [1.165, 1.54) is 40.7 Å². The quantitative estimate of drug-likeness (QED) is 0.636. The summed E-state index contributed by atoms with van der Waals surface area (Å²) in [5.41, 5.74) is 8.78. The first-order valence-corrected chi connectivity index (χ1v) is 7.40. The van der Waals surface area contributed by atoms with Gasteiger partial charge in [0.2, 0.25) is 0 Å². The molecule has 0 heteroatoms. The monoisotopic (exact) mass is 258 g/mol. The lowest BCUT2D eigenvalue weighted by Crippen LogP contribution is -2.03. The van der Waals surface area contributed by atoms with Gasteiger partial charge in [-0.2, -0.15) is 0 Å². The summed E-state index contributed by atoms with van der Waals surface area (Å²) < 4.78 is 0. The molecule has 0 aromatic heterocycles. The zero-order valence-electron chi connectivity index (χ0n) is 11.8. The largest absolute Gasteiger partial charge is 0.0813 e. The third-order valence-electron chi connectivity index (χ3n) is 4.52. The van der Waals surface area contributed by atoms with Crippen LogP contribution in [0.15, 0.2) is 71.8 Å². The van der Waals surface area contributed by atoms with Crippen molar-refractivity contribution < 1.29 is 0 Å². The van der Waals surface area contributed by atoms with Crippen LogP contribution in [-0.4, -0.2) is 0 Å². The van der Waals surface area contributed by atoms with E-state index in [1.54, 1.807) is 5.57 Å². The van der Waals surface area contributed by atoms with Crippen molar-refractivity contribution in [1.29, 1.82) is 0 Å². The molecule has 0 spiro atoms. The van der Waals surface area contributed by atoms with Crippen molar-refractivity contribution in [2.75, 3.05) is 0 Å². The maximum Gasteiger partial charge on any atom is 0.0314 e. The number of hydrogen-bond donors (Lipinski definition) is 0. The molecule has 0 amide bonds. The van der Waals surface area contributed by atoms with E-state index in [1.807, 2.05) is 0 Å². The van der Waals surface area contributed by atoms with E-state index >= 15 is 0 Å². The third-order valence-corrected chi connectivity index (χ3v) is 4.52. The first-order valence-electron chi connectivity index (χ1n) is 7.40. The van der Waals surface area contributed by atoms with Crippen LogP contribution in [0, 0.1) is 0 Å². The van der Waals surface area contributed by atoms with E-state index in [2.05, 4.69) is 67.6 Å². The molecule has 20 heavy (non-hydrogen) atoms. The number of allylic oxidation sites excluding steroid dienone is 4. The van der Waals surface area contributed by atoms with E-state index in [0.29, 0.717) is 5.92 Å². The van der Waals surface area contributed by atoms with E-state index in [4.69, 9.17) is 0 Å². The molecule has 2 aromatic carbocycles. The highest BCUT2D eigenvalue weighted by Crippen LogP contribution is 2.49.